The zero-order valence-corrected chi connectivity index (χ0v) is 12.2. The quantitative estimate of drug-likeness (QED) is 0.468. The van der Waals surface area contributed by atoms with E-state index >= 15 is 0 Å². The third-order valence-electron chi connectivity index (χ3n) is 1.54. The molecule has 0 saturated carbocycles. The van der Waals surface area contributed by atoms with Gasteiger partial charge in [0.1, 0.15) is 11.9 Å². The van der Waals surface area contributed by atoms with Gasteiger partial charge < -0.3 is 30.0 Å². The maximum Gasteiger partial charge on any atom is 0.430 e. The predicted octanol–water partition coefficient (Wildman–Crippen LogP) is -2.08. The fraction of sp³-hybridized carbons (Fsp3) is 0.800. The number of carboxylic acids is 2. The van der Waals surface area contributed by atoms with Crippen LogP contribution in [0.5, 0.6) is 0 Å². The zero-order valence-electron chi connectivity index (χ0n) is 12.2. The molecule has 0 saturated heterocycles. The molecule has 6 nitrogen and oxygen atoms in total. The van der Waals surface area contributed by atoms with Crippen LogP contribution < -0.4 is 15.9 Å². The van der Waals surface area contributed by atoms with E-state index in [-0.39, 0.29) is 0 Å². The van der Waals surface area contributed by atoms with Crippen molar-refractivity contribution in [2.45, 2.75) is 18.8 Å². The van der Waals surface area contributed by atoms with Gasteiger partial charge in [-0.15, -0.1) is 0 Å². The Kier molecular flexibility index (Phi) is 11.8. The van der Waals surface area contributed by atoms with Crippen LogP contribution in [0, 0.1) is 0 Å². The minimum absolute atomic E-state index is 1.06. The molecule has 0 aromatic carbocycles. The average molecular weight is 344 g/mol. The summed E-state index contributed by atoms with van der Waals surface area (Å²) in [6.07, 6.45) is -9.15. The highest BCUT2D eigenvalue weighted by molar-refractivity contribution is 5.71. The van der Waals surface area contributed by atoms with E-state index in [2.05, 4.69) is 26.9 Å². The summed E-state index contributed by atoms with van der Waals surface area (Å²) in [4.78, 5) is 17.6. The second-order valence-corrected chi connectivity index (χ2v) is 4.79. The number of hydrogen-bond donors (Lipinski definition) is 1. The van der Waals surface area contributed by atoms with Crippen molar-refractivity contribution in [3.63, 3.8) is 0 Å². The smallest absolute Gasteiger partial charge is 0.430 e. The van der Waals surface area contributed by atoms with Crippen molar-refractivity contribution in [3.05, 3.63) is 0 Å². The Labute approximate surface area is 122 Å². The molecule has 3 N–H and O–H groups in total. The number of quaternary nitrogens is 2. The Morgan fingerprint density at radius 3 is 1.18 bits per heavy atom. The Balaban J connectivity index is -0.000000247. The summed E-state index contributed by atoms with van der Waals surface area (Å²) in [5.74, 6) is -6.01. The van der Waals surface area contributed by atoms with E-state index in [0.29, 0.717) is 0 Å². The van der Waals surface area contributed by atoms with Gasteiger partial charge in [-0.25, -0.2) is 0 Å². The maximum atomic E-state index is 10.5. The molecule has 0 aromatic rings. The summed E-state index contributed by atoms with van der Waals surface area (Å²) in [6, 6.07) is 0. The number of carboxylic acid groups (broad SMARTS) is 2. The second kappa shape index (κ2) is 10.2. The Morgan fingerprint density at radius 1 is 0.909 bits per heavy atom. The zero-order chi connectivity index (χ0) is 18.8. The molecule has 0 aliphatic rings. The molecular formula is C10H18F6N2O4. The van der Waals surface area contributed by atoms with E-state index in [1.165, 1.54) is 13.0 Å². The standard InChI is InChI=1S/C6H17N2.2C2HF3O2/c1-8(2,3)6-4-5-7;2*3-2(4,5)1(6)7/h4-7H2,1-3H3;2*(H,6,7)/q+1;;/p-1. The van der Waals surface area contributed by atoms with Gasteiger partial charge in [-0.05, 0) is 0 Å². The van der Waals surface area contributed by atoms with Gasteiger partial charge in [0.2, 0.25) is 0 Å². The highest BCUT2D eigenvalue weighted by Gasteiger charge is 2.29. The van der Waals surface area contributed by atoms with Crippen molar-refractivity contribution in [2.75, 3.05) is 34.2 Å². The molecular weight excluding hydrogens is 326 g/mol. The summed E-state index contributed by atoms with van der Waals surface area (Å²) in [6.45, 7) is 2.30. The molecule has 0 bridgehead atoms. The van der Waals surface area contributed by atoms with Crippen LogP contribution >= 0.6 is 0 Å². The van der Waals surface area contributed by atoms with Crippen LogP contribution in [-0.2, 0) is 9.59 Å². The number of aliphatic carboxylic acids is 2. The second-order valence-electron chi connectivity index (χ2n) is 4.79. The first-order chi connectivity index (χ1) is 9.45. The van der Waals surface area contributed by atoms with E-state index < -0.39 is 24.3 Å². The Morgan fingerprint density at radius 2 is 1.14 bits per heavy atom. The lowest BCUT2D eigenvalue weighted by molar-refractivity contribution is -0.871. The summed E-state index contributed by atoms with van der Waals surface area (Å²) in [7, 11) is 6.61. The van der Waals surface area contributed by atoms with Gasteiger partial charge >= 0.3 is 12.4 Å². The number of alkyl halides is 6. The monoisotopic (exact) mass is 344 g/mol. The van der Waals surface area contributed by atoms with Crippen molar-refractivity contribution in [1.82, 2.24) is 0 Å². The van der Waals surface area contributed by atoms with Crippen molar-refractivity contribution < 1.29 is 56.4 Å². The SMILES string of the molecule is C[N+](C)(C)CCC[NH3+].O=C([O-])C(F)(F)F.O=C([O-])C(F)(F)F. The minimum Gasteiger partial charge on any atom is -0.542 e. The highest BCUT2D eigenvalue weighted by Crippen LogP contribution is 2.12. The summed E-state index contributed by atoms with van der Waals surface area (Å²) in [5, 5.41) is 17.6. The van der Waals surface area contributed by atoms with E-state index in [1.54, 1.807) is 0 Å². The van der Waals surface area contributed by atoms with Gasteiger partial charge in [-0.1, -0.05) is 0 Å². The predicted molar refractivity (Wildman–Crippen MR) is 57.4 cm³/mol. The normalized spacial score (nSPS) is 11.5. The van der Waals surface area contributed by atoms with E-state index in [0.717, 1.165) is 11.0 Å². The minimum atomic E-state index is -5.19. The lowest BCUT2D eigenvalue weighted by atomic mass is 10.4. The molecule has 0 fully saturated rings. The van der Waals surface area contributed by atoms with Gasteiger partial charge in [-0.3, -0.25) is 0 Å². The molecule has 0 aliphatic carbocycles. The largest absolute Gasteiger partial charge is 0.542 e. The first-order valence-corrected chi connectivity index (χ1v) is 5.61. The molecule has 12 heteroatoms. The van der Waals surface area contributed by atoms with Gasteiger partial charge in [0, 0.05) is 6.42 Å². The van der Waals surface area contributed by atoms with Crippen LogP contribution in [0.1, 0.15) is 6.42 Å². The molecule has 0 aliphatic heterocycles. The molecule has 22 heavy (non-hydrogen) atoms. The number of halogens is 6. The Hall–Kier alpha value is -1.56. The van der Waals surface area contributed by atoms with Gasteiger partial charge in [-0.2, -0.15) is 26.3 Å². The number of nitrogens with zero attached hydrogens (tertiary/aromatic N) is 1. The van der Waals surface area contributed by atoms with Crippen molar-refractivity contribution in [3.8, 4) is 0 Å². The van der Waals surface area contributed by atoms with Crippen LogP contribution in [0.4, 0.5) is 26.3 Å². The summed E-state index contributed by atoms with van der Waals surface area (Å²) in [5.41, 5.74) is 3.78. The molecule has 0 radical (unpaired) electrons. The molecule has 0 unspecified atom stereocenters. The first-order valence-electron chi connectivity index (χ1n) is 5.61. The van der Waals surface area contributed by atoms with Crippen LogP contribution in [0.15, 0.2) is 0 Å². The number of carbonyl (C=O) groups is 2. The van der Waals surface area contributed by atoms with Crippen molar-refractivity contribution in [2.24, 2.45) is 0 Å². The highest BCUT2D eigenvalue weighted by atomic mass is 19.4. The van der Waals surface area contributed by atoms with Crippen LogP contribution in [0.25, 0.3) is 0 Å². The van der Waals surface area contributed by atoms with Crippen LogP contribution in [0.2, 0.25) is 0 Å². The molecule has 134 valence electrons. The number of carbonyl (C=O) groups excluding carboxylic acids is 2. The third-order valence-corrected chi connectivity index (χ3v) is 1.54. The maximum absolute atomic E-state index is 10.5. The molecule has 0 atom stereocenters. The van der Waals surface area contributed by atoms with Gasteiger partial charge in [0.15, 0.2) is 0 Å². The van der Waals surface area contributed by atoms with Crippen molar-refractivity contribution in [1.29, 1.82) is 0 Å². The van der Waals surface area contributed by atoms with E-state index in [9.17, 15) is 26.3 Å². The van der Waals surface area contributed by atoms with Crippen LogP contribution in [-0.4, -0.2) is 63.0 Å². The molecule has 0 spiro atoms. The fourth-order valence-electron chi connectivity index (χ4n) is 0.586. The number of hydrogen-bond acceptors (Lipinski definition) is 4. The molecule has 0 rings (SSSR count). The fourth-order valence-corrected chi connectivity index (χ4v) is 0.586. The molecule has 0 amide bonds. The third kappa shape index (κ3) is 23.5. The van der Waals surface area contributed by atoms with Gasteiger partial charge in [0.05, 0.1) is 34.2 Å². The number of rotatable bonds is 3. The van der Waals surface area contributed by atoms with E-state index in [4.69, 9.17) is 19.8 Å². The first kappa shape index (κ1) is 25.4. The molecule has 0 aromatic heterocycles. The summed E-state index contributed by atoms with van der Waals surface area (Å²) >= 11 is 0. The summed E-state index contributed by atoms with van der Waals surface area (Å²) < 4.78 is 64.2. The topological polar surface area (TPSA) is 108 Å². The van der Waals surface area contributed by atoms with E-state index in [1.807, 2.05) is 0 Å². The lowest BCUT2D eigenvalue weighted by Gasteiger charge is -2.22. The molecule has 0 heterocycles. The average Bonchev–Trinajstić information content (AvgIpc) is 2.24. The van der Waals surface area contributed by atoms with Crippen molar-refractivity contribution >= 4 is 11.9 Å². The lowest BCUT2D eigenvalue weighted by Crippen LogP contribution is -2.52. The Bertz CT molecular complexity index is 312. The van der Waals surface area contributed by atoms with Crippen LogP contribution in [0.3, 0.4) is 0 Å². The van der Waals surface area contributed by atoms with Gasteiger partial charge in [0.25, 0.3) is 0 Å².